The number of hydrogen-bond acceptors (Lipinski definition) is 14. The van der Waals surface area contributed by atoms with Gasteiger partial charge >= 0.3 is 17.9 Å². The normalized spacial score (nSPS) is 33.1. The van der Waals surface area contributed by atoms with Gasteiger partial charge in [0, 0.05) is 32.0 Å². The number of alkyl carbamates (subject to hydrolysis) is 1. The van der Waals surface area contributed by atoms with E-state index in [4.69, 9.17) is 14.1 Å². The molecule has 4 aromatic rings. The van der Waals surface area contributed by atoms with Crippen LogP contribution in [0.1, 0.15) is 222 Å². The van der Waals surface area contributed by atoms with Gasteiger partial charge in [-0.15, -0.1) is 10.2 Å². The number of hydrogen-bond donors (Lipinski definition) is 2. The standard InChI is InChI=1S/C72H108N12O7/c1-45(2)13-11-15-47(5)57-21-23-59-55-19-17-49-39-53(27-31-69(49,7)61(55)29-33-71(57,59)9)89-67(85)74-42-52-44-83(80-76-52)38-36-81(35-37-82-43-51(75-79-82)41-73-63-25-26-64(84(87)88)66-65(63)77-91-78-66)68(86)90-54-28-32-70(8)50(40-54)18-20-56-60-24-22-58(48(6)16-12-14-46(3)4)72(60,10)34-30-62(56)70/h17-18,25-26,43-48,53-62,73H,11-16,19-24,27-42H2,1-10H3,(H,74,85)/t47-,48-,53+,54+,55+,56+,57-,58-,59+,60+,61+,62+,69+,70+,71-,72-/m1/s1. The number of non-ortho nitro benzene ring substituents is 1. The Hall–Kier alpha value is -5.88. The van der Waals surface area contributed by atoms with Crippen molar-refractivity contribution in [3.8, 4) is 0 Å². The molecule has 2 amide bonds. The van der Waals surface area contributed by atoms with Gasteiger partial charge in [-0.25, -0.2) is 14.2 Å². The molecule has 8 aliphatic rings. The topological polar surface area (TPSA) is 223 Å². The summed E-state index contributed by atoms with van der Waals surface area (Å²) in [7, 11) is 0. The van der Waals surface area contributed by atoms with Gasteiger partial charge in [-0.05, 0) is 199 Å². The molecule has 0 unspecified atom stereocenters. The molecule has 12 rings (SSSR count). The molecule has 0 spiro atoms. The van der Waals surface area contributed by atoms with Crippen LogP contribution in [-0.2, 0) is 35.7 Å². The first-order valence-electron chi connectivity index (χ1n) is 35.8. The predicted molar refractivity (Wildman–Crippen MR) is 351 cm³/mol. The van der Waals surface area contributed by atoms with Crippen molar-refractivity contribution in [2.24, 2.45) is 92.7 Å². The summed E-state index contributed by atoms with van der Waals surface area (Å²) in [6, 6.07) is 2.93. The molecule has 19 heteroatoms. The summed E-state index contributed by atoms with van der Waals surface area (Å²) in [6.07, 6.45) is 34.2. The number of rotatable bonds is 24. The number of ether oxygens (including phenoxy) is 2. The molecule has 8 aliphatic carbocycles. The number of fused-ring (bicyclic) bond motifs is 11. The van der Waals surface area contributed by atoms with E-state index >= 15 is 0 Å². The molecular weight excluding hydrogens is 1140 g/mol. The Morgan fingerprint density at radius 3 is 1.70 bits per heavy atom. The van der Waals surface area contributed by atoms with Gasteiger partial charge in [-0.3, -0.25) is 19.5 Å². The molecule has 3 heterocycles. The number of aromatic nitrogens is 8. The number of benzene rings is 1. The van der Waals surface area contributed by atoms with E-state index < -0.39 is 11.0 Å². The fraction of sp³-hybridized carbons (Fsp3) is 0.778. The van der Waals surface area contributed by atoms with E-state index in [-0.39, 0.29) is 58.9 Å². The van der Waals surface area contributed by atoms with Gasteiger partial charge in [0.1, 0.15) is 23.6 Å². The Morgan fingerprint density at radius 2 is 1.18 bits per heavy atom. The number of nitro benzene ring substituents is 1. The van der Waals surface area contributed by atoms with Crippen LogP contribution in [0.25, 0.3) is 11.0 Å². The van der Waals surface area contributed by atoms with E-state index in [0.717, 1.165) is 104 Å². The highest BCUT2D eigenvalue weighted by Crippen LogP contribution is 2.69. The largest absolute Gasteiger partial charge is 0.446 e. The number of carbonyl (C=O) groups is 2. The smallest absolute Gasteiger partial charge is 0.410 e. The maximum Gasteiger partial charge on any atom is 0.410 e. The molecule has 6 fully saturated rings. The second kappa shape index (κ2) is 26.9. The predicted octanol–water partition coefficient (Wildman–Crippen LogP) is 16.1. The SMILES string of the molecule is CC(C)CCC[C@@H](C)[C@H]1CC[C@H]2[C@@H]3CC=C4C[C@@H](OC(=O)NCc5cn(CCN(CCn6cc(CNc7ccc([N+](=O)[O-])c8nonc78)nn6)C(=O)O[C@H]6CC[C@@]7(C)C(=CC[C@H]8[C@@H]9CC[C@H]([C@H](C)CCCC(C)C)[C@@]9(C)CC[C@@H]87)C6)nn5)CC[C@]4(C)[C@H]3CC[C@]12C. The average Bonchev–Trinajstić information content (AvgIpc) is 1.71. The zero-order chi connectivity index (χ0) is 64.0. The molecule has 19 nitrogen and oxygen atoms in total. The maximum absolute atomic E-state index is 14.6. The van der Waals surface area contributed by atoms with Crippen molar-refractivity contribution in [1.29, 1.82) is 0 Å². The lowest BCUT2D eigenvalue weighted by molar-refractivity contribution is -0.383. The highest BCUT2D eigenvalue weighted by Gasteiger charge is 2.61. The Morgan fingerprint density at radius 1 is 0.659 bits per heavy atom. The lowest BCUT2D eigenvalue weighted by Crippen LogP contribution is -2.51. The molecule has 16 atom stereocenters. The molecule has 498 valence electrons. The molecule has 0 radical (unpaired) electrons. The first-order valence-corrected chi connectivity index (χ1v) is 35.8. The fourth-order valence-corrected chi connectivity index (χ4v) is 21.2. The number of anilines is 1. The Bertz CT molecular complexity index is 3280. The first-order chi connectivity index (χ1) is 43.6. The fourth-order valence-electron chi connectivity index (χ4n) is 21.2. The third-order valence-corrected chi connectivity index (χ3v) is 26.2. The zero-order valence-corrected chi connectivity index (χ0v) is 56.7. The van der Waals surface area contributed by atoms with Crippen molar-refractivity contribution >= 4 is 34.6 Å². The minimum absolute atomic E-state index is 0.0551. The number of allylic oxidation sites excluding steroid dienone is 2. The van der Waals surface area contributed by atoms with Gasteiger partial charge in [0.15, 0.2) is 5.52 Å². The lowest BCUT2D eigenvalue weighted by Gasteiger charge is -2.58. The summed E-state index contributed by atoms with van der Waals surface area (Å²) in [5, 5.41) is 43.0. The first kappa shape index (κ1) is 65.2. The number of nitrogens with one attached hydrogen (secondary N) is 2. The van der Waals surface area contributed by atoms with Crippen LogP contribution < -0.4 is 10.6 Å². The molecule has 0 aliphatic heterocycles. The zero-order valence-electron chi connectivity index (χ0n) is 56.7. The molecule has 3 aromatic heterocycles. The second-order valence-corrected chi connectivity index (χ2v) is 32.1. The summed E-state index contributed by atoms with van der Waals surface area (Å²) in [6.45, 7) is 26.6. The van der Waals surface area contributed by atoms with Gasteiger partial charge in [0.05, 0.1) is 49.2 Å². The van der Waals surface area contributed by atoms with Crippen LogP contribution in [0.4, 0.5) is 21.0 Å². The van der Waals surface area contributed by atoms with E-state index in [1.54, 1.807) is 26.5 Å². The van der Waals surface area contributed by atoms with Crippen LogP contribution in [0, 0.1) is 103 Å². The highest BCUT2D eigenvalue weighted by atomic mass is 16.6. The van der Waals surface area contributed by atoms with E-state index in [0.29, 0.717) is 65.9 Å². The van der Waals surface area contributed by atoms with E-state index in [1.165, 1.54) is 114 Å². The van der Waals surface area contributed by atoms with Crippen LogP contribution in [0.2, 0.25) is 0 Å². The maximum atomic E-state index is 14.6. The van der Waals surface area contributed by atoms with Crippen molar-refractivity contribution < 1.29 is 28.6 Å². The van der Waals surface area contributed by atoms with E-state index in [9.17, 15) is 19.7 Å². The highest BCUT2D eigenvalue weighted by molar-refractivity contribution is 5.93. The summed E-state index contributed by atoms with van der Waals surface area (Å²) in [5.74, 6) is 9.27. The van der Waals surface area contributed by atoms with Crippen molar-refractivity contribution in [2.45, 2.75) is 249 Å². The van der Waals surface area contributed by atoms with Crippen LogP contribution in [0.5, 0.6) is 0 Å². The number of amides is 2. The molecule has 0 bridgehead atoms. The van der Waals surface area contributed by atoms with Crippen molar-refractivity contribution in [3.05, 3.63) is 69.3 Å². The molecule has 2 N–H and O–H groups in total. The van der Waals surface area contributed by atoms with Crippen molar-refractivity contribution in [1.82, 2.24) is 50.5 Å². The minimum Gasteiger partial charge on any atom is -0.446 e. The summed E-state index contributed by atoms with van der Waals surface area (Å²) in [4.78, 5) is 40.8. The van der Waals surface area contributed by atoms with Crippen LogP contribution in [0.3, 0.4) is 0 Å². The van der Waals surface area contributed by atoms with Crippen molar-refractivity contribution in [3.63, 3.8) is 0 Å². The molecule has 91 heavy (non-hydrogen) atoms. The summed E-state index contributed by atoms with van der Waals surface area (Å²) < 4.78 is 21.0. The monoisotopic (exact) mass is 1250 g/mol. The lowest BCUT2D eigenvalue weighted by atomic mass is 9.47. The van der Waals surface area contributed by atoms with E-state index in [2.05, 4.69) is 123 Å². The average molecular weight is 1250 g/mol. The Kier molecular flexibility index (Phi) is 19.2. The van der Waals surface area contributed by atoms with E-state index in [1.807, 2.05) is 6.20 Å². The van der Waals surface area contributed by atoms with Crippen LogP contribution >= 0.6 is 0 Å². The van der Waals surface area contributed by atoms with Gasteiger partial charge in [0.25, 0.3) is 0 Å². The summed E-state index contributed by atoms with van der Waals surface area (Å²) >= 11 is 0. The van der Waals surface area contributed by atoms with Gasteiger partial charge in [-0.2, -0.15) is 0 Å². The number of nitro groups is 1. The van der Waals surface area contributed by atoms with Crippen molar-refractivity contribution in [2.75, 3.05) is 18.4 Å². The van der Waals surface area contributed by atoms with Gasteiger partial charge in [0.2, 0.25) is 5.52 Å². The third-order valence-electron chi connectivity index (χ3n) is 26.2. The van der Waals surface area contributed by atoms with Gasteiger partial charge in [-0.1, -0.05) is 141 Å². The third kappa shape index (κ3) is 13.2. The second-order valence-electron chi connectivity index (χ2n) is 32.1. The van der Waals surface area contributed by atoms with Crippen LogP contribution in [0.15, 0.2) is 52.5 Å². The number of nitrogens with zero attached hydrogens (tertiary/aromatic N) is 10. The Balaban J connectivity index is 0.652. The van der Waals surface area contributed by atoms with Crippen LogP contribution in [-0.4, -0.2) is 87.6 Å². The summed E-state index contributed by atoms with van der Waals surface area (Å²) in [5.41, 5.74) is 6.00. The number of carbonyl (C=O) groups excluding carboxylic acids is 2. The molecular formula is C72H108N12O7. The minimum atomic E-state index is -0.520. The molecule has 0 saturated heterocycles. The molecule has 6 saturated carbocycles. The van der Waals surface area contributed by atoms with Gasteiger partial charge < -0.3 is 25.0 Å². The quantitative estimate of drug-likeness (QED) is 0.0378. The Labute approximate surface area is 540 Å². The molecule has 1 aromatic carbocycles.